The average Bonchev–Trinajstić information content (AvgIpc) is 2.89. The Morgan fingerprint density at radius 3 is 2.31 bits per heavy atom. The zero-order valence-electron chi connectivity index (χ0n) is 13.5. The Labute approximate surface area is 158 Å². The Balaban J connectivity index is 1.86. The van der Waals surface area contributed by atoms with Crippen LogP contribution in [0.3, 0.4) is 0 Å². The van der Waals surface area contributed by atoms with Crippen molar-refractivity contribution < 1.29 is 14.5 Å². The van der Waals surface area contributed by atoms with Crippen molar-refractivity contribution in [1.82, 2.24) is 0 Å². The zero-order valence-corrected chi connectivity index (χ0v) is 15.2. The Bertz CT molecular complexity index is 950. The van der Waals surface area contributed by atoms with Crippen molar-refractivity contribution in [2.45, 2.75) is 6.92 Å². The average molecular weight is 384 g/mol. The first-order chi connectivity index (χ1) is 12.4. The van der Waals surface area contributed by atoms with Gasteiger partial charge in [0.1, 0.15) is 0 Å². The predicted octanol–water partition coefficient (Wildman–Crippen LogP) is 4.20. The van der Waals surface area contributed by atoms with Crippen molar-refractivity contribution in [1.29, 1.82) is 0 Å². The number of rotatable bonds is 4. The molecule has 0 saturated carbocycles. The van der Waals surface area contributed by atoms with Crippen molar-refractivity contribution >= 4 is 57.4 Å². The Morgan fingerprint density at radius 2 is 1.77 bits per heavy atom. The number of ketones is 1. The van der Waals surface area contributed by atoms with Crippen LogP contribution in [0.5, 0.6) is 0 Å². The first-order valence-electron chi connectivity index (χ1n) is 7.50. The number of nitro benzene ring substituents is 1. The lowest BCUT2D eigenvalue weighted by molar-refractivity contribution is -0.384. The van der Waals surface area contributed by atoms with Gasteiger partial charge < -0.3 is 0 Å². The molecule has 1 aliphatic heterocycles. The lowest BCUT2D eigenvalue weighted by Crippen LogP contribution is -2.27. The first-order valence-corrected chi connectivity index (χ1v) is 8.73. The molecule has 8 heteroatoms. The summed E-state index contributed by atoms with van der Waals surface area (Å²) < 4.78 is 0.388. The molecular formula is C18H12N2O4S2. The maximum Gasteiger partial charge on any atom is 0.270 e. The molecule has 1 fully saturated rings. The zero-order chi connectivity index (χ0) is 18.8. The van der Waals surface area contributed by atoms with Gasteiger partial charge in [0.05, 0.1) is 15.5 Å². The number of thioether (sulfide) groups is 1. The number of hydrogen-bond donors (Lipinski definition) is 0. The normalized spacial score (nSPS) is 15.6. The molecule has 1 saturated heterocycles. The fourth-order valence-corrected chi connectivity index (χ4v) is 3.68. The van der Waals surface area contributed by atoms with Crippen molar-refractivity contribution in [2.24, 2.45) is 0 Å². The number of nitro groups is 1. The van der Waals surface area contributed by atoms with Gasteiger partial charge in [0.2, 0.25) is 0 Å². The Kier molecular flexibility index (Phi) is 4.97. The van der Waals surface area contributed by atoms with Crippen LogP contribution in [0.1, 0.15) is 22.8 Å². The second-order valence-corrected chi connectivity index (χ2v) is 7.14. The molecule has 6 nitrogen and oxygen atoms in total. The predicted molar refractivity (Wildman–Crippen MR) is 105 cm³/mol. The van der Waals surface area contributed by atoms with Gasteiger partial charge >= 0.3 is 0 Å². The third-order valence-corrected chi connectivity index (χ3v) is 5.03. The van der Waals surface area contributed by atoms with Crippen molar-refractivity contribution in [3.8, 4) is 0 Å². The highest BCUT2D eigenvalue weighted by atomic mass is 32.2. The molecule has 1 aliphatic rings. The summed E-state index contributed by atoms with van der Waals surface area (Å²) in [7, 11) is 0. The monoisotopic (exact) mass is 384 g/mol. The number of benzene rings is 2. The van der Waals surface area contributed by atoms with Gasteiger partial charge in [0.25, 0.3) is 11.6 Å². The van der Waals surface area contributed by atoms with E-state index in [1.54, 1.807) is 42.5 Å². The Hall–Kier alpha value is -2.84. The molecule has 0 N–H and O–H groups in total. The maximum absolute atomic E-state index is 12.7. The van der Waals surface area contributed by atoms with Crippen molar-refractivity contribution in [2.75, 3.05) is 4.90 Å². The summed E-state index contributed by atoms with van der Waals surface area (Å²) in [6, 6.07) is 12.6. The molecule has 0 aliphatic carbocycles. The number of Topliss-reactive ketones (excluding diaryl/α,β-unsaturated/α-hetero) is 1. The standard InChI is InChI=1S/C18H12N2O4S2/c1-11(21)13-4-8-14(9-5-13)19-17(22)16(26-18(19)25)10-12-2-6-15(7-3-12)20(23)24/h2-10H,1H3/b16-10-. The minimum absolute atomic E-state index is 0.0136. The third kappa shape index (κ3) is 3.56. The molecule has 0 unspecified atom stereocenters. The molecule has 2 aromatic carbocycles. The quantitative estimate of drug-likeness (QED) is 0.258. The van der Waals surface area contributed by atoms with Gasteiger partial charge in [0, 0.05) is 17.7 Å². The molecule has 1 heterocycles. The van der Waals surface area contributed by atoms with Gasteiger partial charge in [-0.05, 0) is 55.0 Å². The Morgan fingerprint density at radius 1 is 1.15 bits per heavy atom. The number of thiocarbonyl (C=S) groups is 1. The number of amides is 1. The van der Waals surface area contributed by atoms with Crippen LogP contribution in [0.4, 0.5) is 11.4 Å². The van der Waals surface area contributed by atoms with Gasteiger partial charge in [-0.3, -0.25) is 24.6 Å². The molecule has 26 heavy (non-hydrogen) atoms. The number of nitrogens with zero attached hydrogens (tertiary/aromatic N) is 2. The summed E-state index contributed by atoms with van der Waals surface area (Å²) in [5, 5.41) is 10.7. The maximum atomic E-state index is 12.7. The highest BCUT2D eigenvalue weighted by Gasteiger charge is 2.33. The van der Waals surface area contributed by atoms with E-state index in [1.807, 2.05) is 0 Å². The van der Waals surface area contributed by atoms with Gasteiger partial charge in [-0.1, -0.05) is 24.0 Å². The molecule has 0 atom stereocenters. The minimum atomic E-state index is -0.478. The summed E-state index contributed by atoms with van der Waals surface area (Å²) >= 11 is 6.46. The van der Waals surface area contributed by atoms with E-state index >= 15 is 0 Å². The van der Waals surface area contributed by atoms with Crippen molar-refractivity contribution in [3.63, 3.8) is 0 Å². The van der Waals surface area contributed by atoms with Crippen LogP contribution in [0.15, 0.2) is 53.4 Å². The second-order valence-electron chi connectivity index (χ2n) is 5.47. The third-order valence-electron chi connectivity index (χ3n) is 3.73. The van der Waals surface area contributed by atoms with Gasteiger partial charge in [-0.2, -0.15) is 0 Å². The minimum Gasteiger partial charge on any atom is -0.295 e. The number of hydrogen-bond acceptors (Lipinski definition) is 6. The van der Waals surface area contributed by atoms with Crippen LogP contribution >= 0.6 is 24.0 Å². The van der Waals surface area contributed by atoms with E-state index in [0.717, 1.165) is 11.8 Å². The van der Waals surface area contributed by atoms with Crippen LogP contribution in [0.25, 0.3) is 6.08 Å². The van der Waals surface area contributed by atoms with E-state index in [1.165, 1.54) is 24.0 Å². The highest BCUT2D eigenvalue weighted by Crippen LogP contribution is 2.36. The summed E-state index contributed by atoms with van der Waals surface area (Å²) in [5.41, 5.74) is 1.80. The number of anilines is 1. The number of carbonyl (C=O) groups is 2. The van der Waals surface area contributed by atoms with Crippen LogP contribution < -0.4 is 4.90 Å². The summed E-state index contributed by atoms with van der Waals surface area (Å²) in [5.74, 6) is -0.325. The molecule has 0 aromatic heterocycles. The fraction of sp³-hybridized carbons (Fsp3) is 0.0556. The van der Waals surface area contributed by atoms with Crippen LogP contribution in [0, 0.1) is 10.1 Å². The van der Waals surface area contributed by atoms with E-state index < -0.39 is 4.92 Å². The van der Waals surface area contributed by atoms with E-state index in [4.69, 9.17) is 12.2 Å². The highest BCUT2D eigenvalue weighted by molar-refractivity contribution is 8.27. The molecule has 0 bridgehead atoms. The van der Waals surface area contributed by atoms with Crippen molar-refractivity contribution in [3.05, 3.63) is 74.7 Å². The molecular weight excluding hydrogens is 372 g/mol. The van der Waals surface area contributed by atoms with E-state index in [9.17, 15) is 19.7 Å². The molecule has 3 rings (SSSR count). The van der Waals surface area contributed by atoms with Gasteiger partial charge in [-0.25, -0.2) is 0 Å². The number of carbonyl (C=O) groups excluding carboxylic acids is 2. The molecule has 0 spiro atoms. The summed E-state index contributed by atoms with van der Waals surface area (Å²) in [6.07, 6.45) is 1.65. The van der Waals surface area contributed by atoms with E-state index in [0.29, 0.717) is 26.0 Å². The smallest absolute Gasteiger partial charge is 0.270 e. The van der Waals surface area contributed by atoms with Gasteiger partial charge in [0.15, 0.2) is 10.1 Å². The second kappa shape index (κ2) is 7.19. The van der Waals surface area contributed by atoms with E-state index in [-0.39, 0.29) is 17.4 Å². The van der Waals surface area contributed by atoms with Crippen LogP contribution in [0.2, 0.25) is 0 Å². The summed E-state index contributed by atoms with van der Waals surface area (Å²) in [6.45, 7) is 1.47. The number of non-ortho nitro benzene ring substituents is 1. The molecule has 130 valence electrons. The summed E-state index contributed by atoms with van der Waals surface area (Å²) in [4.78, 5) is 36.1. The molecule has 2 aromatic rings. The lowest BCUT2D eigenvalue weighted by Gasteiger charge is -2.14. The van der Waals surface area contributed by atoms with E-state index in [2.05, 4.69) is 0 Å². The lowest BCUT2D eigenvalue weighted by atomic mass is 10.1. The van der Waals surface area contributed by atoms with Gasteiger partial charge in [-0.15, -0.1) is 0 Å². The fourth-order valence-electron chi connectivity index (χ4n) is 2.38. The molecule has 1 amide bonds. The topological polar surface area (TPSA) is 80.5 Å². The molecule has 0 radical (unpaired) electrons. The first kappa shape index (κ1) is 18.0. The van der Waals surface area contributed by atoms with Crippen LogP contribution in [-0.4, -0.2) is 20.9 Å². The van der Waals surface area contributed by atoms with Crippen LogP contribution in [-0.2, 0) is 4.79 Å². The largest absolute Gasteiger partial charge is 0.295 e. The SMILES string of the molecule is CC(=O)c1ccc(N2C(=O)/C(=C/c3ccc([N+](=O)[O-])cc3)SC2=S)cc1.